The lowest BCUT2D eigenvalue weighted by molar-refractivity contribution is -0.167. The molecule has 0 spiro atoms. The summed E-state index contributed by atoms with van der Waals surface area (Å²) in [4.78, 5) is 11.5. The Labute approximate surface area is 107 Å². The fraction of sp³-hybridized carbons (Fsp3) is 0.357. The maximum Gasteiger partial charge on any atom is 0.333 e. The summed E-state index contributed by atoms with van der Waals surface area (Å²) in [5.41, 5.74) is 0.820. The zero-order valence-electron chi connectivity index (χ0n) is 10.9. The zero-order chi connectivity index (χ0) is 13.4. The highest BCUT2D eigenvalue weighted by Gasteiger charge is 2.05. The monoisotopic (exact) mass is 250 g/mol. The van der Waals surface area contributed by atoms with Crippen LogP contribution in [0, 0.1) is 0 Å². The van der Waals surface area contributed by atoms with Crippen LogP contribution in [-0.4, -0.2) is 26.0 Å². The second kappa shape index (κ2) is 7.50. The van der Waals surface area contributed by atoms with Crippen LogP contribution in [0.3, 0.4) is 0 Å². The quantitative estimate of drug-likeness (QED) is 0.442. The molecule has 0 bridgehead atoms. The van der Waals surface area contributed by atoms with Crippen molar-refractivity contribution in [3.63, 3.8) is 0 Å². The van der Waals surface area contributed by atoms with Crippen LogP contribution in [0.15, 0.2) is 30.3 Å². The molecule has 1 unspecified atom stereocenters. The summed E-state index contributed by atoms with van der Waals surface area (Å²) in [6, 6.07) is 7.42. The van der Waals surface area contributed by atoms with Crippen LogP contribution >= 0.6 is 0 Å². The molecule has 0 heterocycles. The van der Waals surface area contributed by atoms with E-state index in [0.29, 0.717) is 12.4 Å². The van der Waals surface area contributed by atoms with E-state index in [4.69, 9.17) is 14.2 Å². The van der Waals surface area contributed by atoms with Crippen molar-refractivity contribution in [1.29, 1.82) is 0 Å². The fourth-order valence-electron chi connectivity index (χ4n) is 1.43. The normalized spacial score (nSPS) is 12.4. The predicted molar refractivity (Wildman–Crippen MR) is 69.2 cm³/mol. The number of para-hydroxylation sites is 1. The largest absolute Gasteiger partial charge is 0.496 e. The number of benzene rings is 1. The standard InChI is InChI=1S/C14H18O4/c1-4-17-11(2)18-14(15)10-9-12-7-5-6-8-13(12)16-3/h5-11H,4H2,1-3H3/b10-9+. The minimum Gasteiger partial charge on any atom is -0.496 e. The number of ether oxygens (including phenoxy) is 3. The van der Waals surface area contributed by atoms with Gasteiger partial charge in [0.15, 0.2) is 6.29 Å². The van der Waals surface area contributed by atoms with Gasteiger partial charge in [0.25, 0.3) is 0 Å². The lowest BCUT2D eigenvalue weighted by atomic mass is 10.2. The second-order valence-corrected chi connectivity index (χ2v) is 3.54. The Morgan fingerprint density at radius 1 is 1.39 bits per heavy atom. The smallest absolute Gasteiger partial charge is 0.333 e. The molecule has 4 nitrogen and oxygen atoms in total. The van der Waals surface area contributed by atoms with E-state index in [1.54, 1.807) is 20.1 Å². The van der Waals surface area contributed by atoms with Crippen molar-refractivity contribution in [3.8, 4) is 5.75 Å². The molecule has 0 aliphatic rings. The molecule has 0 aliphatic carbocycles. The third-order valence-corrected chi connectivity index (χ3v) is 2.22. The molecule has 0 N–H and O–H groups in total. The minimum absolute atomic E-state index is 0.443. The van der Waals surface area contributed by atoms with E-state index in [-0.39, 0.29) is 0 Å². The maximum atomic E-state index is 11.5. The maximum absolute atomic E-state index is 11.5. The highest BCUT2D eigenvalue weighted by atomic mass is 16.7. The first kappa shape index (κ1) is 14.3. The van der Waals surface area contributed by atoms with Crippen molar-refractivity contribution in [2.45, 2.75) is 20.1 Å². The number of esters is 1. The van der Waals surface area contributed by atoms with E-state index in [9.17, 15) is 4.79 Å². The van der Waals surface area contributed by atoms with Crippen LogP contribution in [0.1, 0.15) is 19.4 Å². The summed E-state index contributed by atoms with van der Waals surface area (Å²) in [6.07, 6.45) is 2.47. The van der Waals surface area contributed by atoms with Crippen molar-refractivity contribution >= 4 is 12.0 Å². The first-order valence-electron chi connectivity index (χ1n) is 5.80. The molecule has 1 aromatic carbocycles. The molecule has 0 amide bonds. The second-order valence-electron chi connectivity index (χ2n) is 3.54. The average Bonchev–Trinajstić information content (AvgIpc) is 2.37. The van der Waals surface area contributed by atoms with Crippen LogP contribution in [0.2, 0.25) is 0 Å². The summed E-state index contributed by atoms with van der Waals surface area (Å²) in [7, 11) is 1.59. The van der Waals surface area contributed by atoms with Gasteiger partial charge in [-0.2, -0.15) is 0 Å². The van der Waals surface area contributed by atoms with Crippen molar-refractivity contribution < 1.29 is 19.0 Å². The Morgan fingerprint density at radius 2 is 2.11 bits per heavy atom. The van der Waals surface area contributed by atoms with Crippen LogP contribution in [0.25, 0.3) is 6.08 Å². The number of hydrogen-bond acceptors (Lipinski definition) is 4. The van der Waals surface area contributed by atoms with E-state index < -0.39 is 12.3 Å². The average molecular weight is 250 g/mol. The molecule has 1 rings (SSSR count). The van der Waals surface area contributed by atoms with E-state index in [0.717, 1.165) is 5.56 Å². The SMILES string of the molecule is CCOC(C)OC(=O)/C=C/c1ccccc1OC. The van der Waals surface area contributed by atoms with Crippen LogP contribution in [-0.2, 0) is 14.3 Å². The molecule has 98 valence electrons. The Morgan fingerprint density at radius 3 is 2.78 bits per heavy atom. The van der Waals surface area contributed by atoms with Gasteiger partial charge in [0, 0.05) is 18.2 Å². The number of carbonyl (C=O) groups excluding carboxylic acids is 1. The third-order valence-electron chi connectivity index (χ3n) is 2.22. The first-order chi connectivity index (χ1) is 8.67. The van der Waals surface area contributed by atoms with Crippen LogP contribution in [0.5, 0.6) is 5.75 Å². The lowest BCUT2D eigenvalue weighted by Crippen LogP contribution is -2.16. The number of methoxy groups -OCH3 is 1. The van der Waals surface area contributed by atoms with E-state index in [2.05, 4.69) is 0 Å². The molecule has 0 fully saturated rings. The Balaban J connectivity index is 2.60. The summed E-state index contributed by atoms with van der Waals surface area (Å²) in [5.74, 6) is 0.265. The highest BCUT2D eigenvalue weighted by molar-refractivity contribution is 5.87. The molecule has 1 aromatic rings. The van der Waals surface area contributed by atoms with Gasteiger partial charge >= 0.3 is 5.97 Å². The van der Waals surface area contributed by atoms with E-state index in [1.165, 1.54) is 6.08 Å². The van der Waals surface area contributed by atoms with Gasteiger partial charge in [-0.3, -0.25) is 0 Å². The molecule has 0 saturated heterocycles. The van der Waals surface area contributed by atoms with E-state index in [1.807, 2.05) is 31.2 Å². The van der Waals surface area contributed by atoms with Gasteiger partial charge in [-0.05, 0) is 26.0 Å². The van der Waals surface area contributed by atoms with Crippen molar-refractivity contribution in [1.82, 2.24) is 0 Å². The molecule has 18 heavy (non-hydrogen) atoms. The molecule has 1 atom stereocenters. The molecule has 0 radical (unpaired) electrons. The Hall–Kier alpha value is -1.81. The van der Waals surface area contributed by atoms with Crippen LogP contribution in [0.4, 0.5) is 0 Å². The van der Waals surface area contributed by atoms with Crippen molar-refractivity contribution in [2.75, 3.05) is 13.7 Å². The fourth-order valence-corrected chi connectivity index (χ4v) is 1.43. The topological polar surface area (TPSA) is 44.8 Å². The molecular weight excluding hydrogens is 232 g/mol. The number of rotatable bonds is 6. The van der Waals surface area contributed by atoms with Crippen molar-refractivity contribution in [2.24, 2.45) is 0 Å². The van der Waals surface area contributed by atoms with Gasteiger partial charge in [0.2, 0.25) is 0 Å². The van der Waals surface area contributed by atoms with Gasteiger partial charge in [-0.1, -0.05) is 18.2 Å². The molecular formula is C14H18O4. The van der Waals surface area contributed by atoms with Gasteiger partial charge in [-0.25, -0.2) is 4.79 Å². The first-order valence-corrected chi connectivity index (χ1v) is 5.80. The predicted octanol–water partition coefficient (Wildman–Crippen LogP) is 2.63. The summed E-state index contributed by atoms with van der Waals surface area (Å²) < 4.78 is 15.3. The minimum atomic E-state index is -0.537. The molecule has 4 heteroatoms. The summed E-state index contributed by atoms with van der Waals surface area (Å²) >= 11 is 0. The third kappa shape index (κ3) is 4.59. The number of carbonyl (C=O) groups is 1. The molecule has 0 aromatic heterocycles. The van der Waals surface area contributed by atoms with Crippen LogP contribution < -0.4 is 4.74 Å². The van der Waals surface area contributed by atoms with Gasteiger partial charge in [0.1, 0.15) is 5.75 Å². The number of hydrogen-bond donors (Lipinski definition) is 0. The lowest BCUT2D eigenvalue weighted by Gasteiger charge is -2.10. The van der Waals surface area contributed by atoms with E-state index >= 15 is 0 Å². The highest BCUT2D eigenvalue weighted by Crippen LogP contribution is 2.18. The Kier molecular flexibility index (Phi) is 5.94. The van der Waals surface area contributed by atoms with Gasteiger partial charge in [-0.15, -0.1) is 0 Å². The summed E-state index contributed by atoms with van der Waals surface area (Å²) in [6.45, 7) is 4.03. The zero-order valence-corrected chi connectivity index (χ0v) is 10.9. The van der Waals surface area contributed by atoms with Gasteiger partial charge in [0.05, 0.1) is 7.11 Å². The van der Waals surface area contributed by atoms with Gasteiger partial charge < -0.3 is 14.2 Å². The summed E-state index contributed by atoms with van der Waals surface area (Å²) in [5, 5.41) is 0. The molecule has 0 aliphatic heterocycles. The molecule has 0 saturated carbocycles. The van der Waals surface area contributed by atoms with Crippen molar-refractivity contribution in [3.05, 3.63) is 35.9 Å². The Bertz CT molecular complexity index is 412.